The Morgan fingerprint density at radius 1 is 1.06 bits per heavy atom. The Bertz CT molecular complexity index is 955. The number of hydrogen-bond donors (Lipinski definition) is 2. The first-order chi connectivity index (χ1) is 14.6. The normalized spacial score (nSPS) is 13.7. The van der Waals surface area contributed by atoms with E-state index in [1.165, 1.54) is 18.9 Å². The number of ether oxygens (including phenoxy) is 1. The highest BCUT2D eigenvalue weighted by Crippen LogP contribution is 2.44. The number of aliphatic carboxylic acids is 1. The fourth-order valence-electron chi connectivity index (χ4n) is 3.84. The molecule has 0 saturated heterocycles. The number of fused-ring (bicyclic) bond motifs is 3. The van der Waals surface area contributed by atoms with E-state index < -0.39 is 23.5 Å². The van der Waals surface area contributed by atoms with E-state index in [-0.39, 0.29) is 25.0 Å². The first kappa shape index (κ1) is 22.3. The molecule has 0 fully saturated rings. The fourth-order valence-corrected chi connectivity index (χ4v) is 3.84. The van der Waals surface area contributed by atoms with Crippen LogP contribution < -0.4 is 5.32 Å². The highest BCUT2D eigenvalue weighted by molar-refractivity contribution is 5.87. The topological polar surface area (TPSA) is 95.9 Å². The van der Waals surface area contributed by atoms with Gasteiger partial charge >= 0.3 is 12.1 Å². The van der Waals surface area contributed by atoms with Crippen LogP contribution in [-0.4, -0.2) is 54.2 Å². The summed E-state index contributed by atoms with van der Waals surface area (Å²) in [4.78, 5) is 37.3. The van der Waals surface area contributed by atoms with Crippen molar-refractivity contribution < 1.29 is 24.2 Å². The summed E-state index contributed by atoms with van der Waals surface area (Å²) in [5, 5.41) is 11.8. The number of hydrogen-bond acceptors (Lipinski definition) is 4. The predicted octanol–water partition coefficient (Wildman–Crippen LogP) is 3.48. The van der Waals surface area contributed by atoms with Gasteiger partial charge in [-0.1, -0.05) is 48.5 Å². The summed E-state index contributed by atoms with van der Waals surface area (Å²) in [6, 6.07) is 15.2. The van der Waals surface area contributed by atoms with Crippen LogP contribution in [0.4, 0.5) is 4.79 Å². The molecule has 2 aromatic carbocycles. The van der Waals surface area contributed by atoms with Gasteiger partial charge in [0, 0.05) is 19.5 Å². The molecule has 0 heterocycles. The second-order valence-corrected chi connectivity index (χ2v) is 8.49. The van der Waals surface area contributed by atoms with Gasteiger partial charge in [0.1, 0.15) is 12.6 Å². The zero-order valence-corrected chi connectivity index (χ0v) is 18.2. The number of rotatable bonds is 7. The van der Waals surface area contributed by atoms with Crippen molar-refractivity contribution in [2.75, 3.05) is 20.2 Å². The summed E-state index contributed by atoms with van der Waals surface area (Å²) in [7, 11) is 1.44. The quantitative estimate of drug-likeness (QED) is 0.709. The molecule has 3 rings (SSSR count). The van der Waals surface area contributed by atoms with Gasteiger partial charge in [-0.3, -0.25) is 4.79 Å². The van der Waals surface area contributed by atoms with Gasteiger partial charge in [-0.05, 0) is 43.0 Å². The van der Waals surface area contributed by atoms with Gasteiger partial charge in [0.05, 0.1) is 5.41 Å². The molecule has 2 N–H and O–H groups in total. The number of carboxylic acid groups (broad SMARTS) is 1. The van der Waals surface area contributed by atoms with Crippen LogP contribution in [0, 0.1) is 5.41 Å². The molecule has 0 aliphatic heterocycles. The van der Waals surface area contributed by atoms with Crippen LogP contribution in [0.25, 0.3) is 11.1 Å². The lowest BCUT2D eigenvalue weighted by Crippen LogP contribution is -2.50. The third-order valence-electron chi connectivity index (χ3n) is 5.86. The molecule has 0 saturated carbocycles. The van der Waals surface area contributed by atoms with Crippen molar-refractivity contribution in [3.8, 4) is 11.1 Å². The van der Waals surface area contributed by atoms with Crippen molar-refractivity contribution in [3.05, 3.63) is 59.7 Å². The van der Waals surface area contributed by atoms with E-state index in [0.717, 1.165) is 22.3 Å². The SMILES string of the molecule is C[C@@H](C(=O)O)N(C)C(=O)C(C)(C)CNC(=O)OCC1c2ccccc2-c2ccccc21. The number of amides is 2. The number of carbonyl (C=O) groups excluding carboxylic acids is 2. The number of benzene rings is 2. The molecule has 0 radical (unpaired) electrons. The molecule has 7 nitrogen and oxygen atoms in total. The lowest BCUT2D eigenvalue weighted by molar-refractivity contribution is -0.152. The van der Waals surface area contributed by atoms with Crippen molar-refractivity contribution in [3.63, 3.8) is 0 Å². The van der Waals surface area contributed by atoms with E-state index in [9.17, 15) is 14.4 Å². The largest absolute Gasteiger partial charge is 0.480 e. The summed E-state index contributed by atoms with van der Waals surface area (Å²) in [6.45, 7) is 4.97. The number of alkyl carbamates (subject to hydrolysis) is 1. The maximum Gasteiger partial charge on any atom is 0.407 e. The monoisotopic (exact) mass is 424 g/mol. The highest BCUT2D eigenvalue weighted by Gasteiger charge is 2.35. The van der Waals surface area contributed by atoms with E-state index in [1.807, 2.05) is 36.4 Å². The molecule has 7 heteroatoms. The van der Waals surface area contributed by atoms with Crippen LogP contribution >= 0.6 is 0 Å². The Morgan fingerprint density at radius 3 is 2.10 bits per heavy atom. The summed E-state index contributed by atoms with van der Waals surface area (Å²) >= 11 is 0. The third kappa shape index (κ3) is 4.55. The minimum absolute atomic E-state index is 0.0270. The lowest BCUT2D eigenvalue weighted by atomic mass is 9.91. The maximum atomic E-state index is 12.6. The molecule has 1 aliphatic rings. The van der Waals surface area contributed by atoms with Gasteiger partial charge < -0.3 is 20.1 Å². The number of likely N-dealkylation sites (N-methyl/N-ethyl adjacent to an activating group) is 1. The summed E-state index contributed by atoms with van der Waals surface area (Å²) in [5.41, 5.74) is 3.56. The van der Waals surface area contributed by atoms with Crippen molar-refractivity contribution in [1.82, 2.24) is 10.2 Å². The molecule has 164 valence electrons. The molecule has 0 unspecified atom stereocenters. The van der Waals surface area contributed by atoms with Gasteiger partial charge in [-0.25, -0.2) is 9.59 Å². The van der Waals surface area contributed by atoms with Crippen LogP contribution in [0.2, 0.25) is 0 Å². The number of nitrogens with zero attached hydrogens (tertiary/aromatic N) is 1. The number of carbonyl (C=O) groups is 3. The average Bonchev–Trinajstić information content (AvgIpc) is 3.08. The number of carboxylic acids is 1. The average molecular weight is 424 g/mol. The Labute approximate surface area is 182 Å². The van der Waals surface area contributed by atoms with E-state index in [1.54, 1.807) is 13.8 Å². The second kappa shape index (κ2) is 8.79. The van der Waals surface area contributed by atoms with Crippen molar-refractivity contribution >= 4 is 18.0 Å². The fraction of sp³-hybridized carbons (Fsp3) is 0.375. The molecule has 2 amide bonds. The predicted molar refractivity (Wildman–Crippen MR) is 117 cm³/mol. The Hall–Kier alpha value is -3.35. The van der Waals surface area contributed by atoms with E-state index in [4.69, 9.17) is 9.84 Å². The van der Waals surface area contributed by atoms with Gasteiger partial charge in [0.25, 0.3) is 0 Å². The van der Waals surface area contributed by atoms with E-state index in [2.05, 4.69) is 17.4 Å². The van der Waals surface area contributed by atoms with Crippen molar-refractivity contribution in [2.24, 2.45) is 5.41 Å². The lowest BCUT2D eigenvalue weighted by Gasteiger charge is -2.31. The van der Waals surface area contributed by atoms with Gasteiger partial charge in [-0.2, -0.15) is 0 Å². The van der Waals surface area contributed by atoms with Crippen LogP contribution in [-0.2, 0) is 14.3 Å². The standard InChI is InChI=1S/C24H28N2O5/c1-15(21(27)28)26(4)22(29)24(2,3)14-25-23(30)31-13-20-18-11-7-5-9-16(18)17-10-6-8-12-19(17)20/h5-12,15,20H,13-14H2,1-4H3,(H,25,30)(H,27,28)/t15-/m0/s1. The van der Waals surface area contributed by atoms with Crippen LogP contribution in [0.5, 0.6) is 0 Å². The first-order valence-corrected chi connectivity index (χ1v) is 10.2. The van der Waals surface area contributed by atoms with E-state index in [0.29, 0.717) is 0 Å². The summed E-state index contributed by atoms with van der Waals surface area (Å²) < 4.78 is 5.49. The number of nitrogens with one attached hydrogen (secondary N) is 1. The molecule has 1 atom stereocenters. The van der Waals surface area contributed by atoms with Crippen molar-refractivity contribution in [1.29, 1.82) is 0 Å². The van der Waals surface area contributed by atoms with Gasteiger partial charge in [-0.15, -0.1) is 0 Å². The zero-order chi connectivity index (χ0) is 22.8. The van der Waals surface area contributed by atoms with Crippen LogP contribution in [0.3, 0.4) is 0 Å². The van der Waals surface area contributed by atoms with Gasteiger partial charge in [0.15, 0.2) is 0 Å². The molecular formula is C24H28N2O5. The van der Waals surface area contributed by atoms with Crippen LogP contribution in [0.15, 0.2) is 48.5 Å². The smallest absolute Gasteiger partial charge is 0.407 e. The maximum absolute atomic E-state index is 12.6. The van der Waals surface area contributed by atoms with E-state index >= 15 is 0 Å². The Kier molecular flexibility index (Phi) is 6.34. The summed E-state index contributed by atoms with van der Waals surface area (Å²) in [5.74, 6) is -1.51. The first-order valence-electron chi connectivity index (χ1n) is 10.2. The van der Waals surface area contributed by atoms with Gasteiger partial charge in [0.2, 0.25) is 5.91 Å². The molecule has 0 spiro atoms. The molecule has 0 bridgehead atoms. The van der Waals surface area contributed by atoms with Crippen molar-refractivity contribution in [2.45, 2.75) is 32.7 Å². The Balaban J connectivity index is 1.60. The zero-order valence-electron chi connectivity index (χ0n) is 18.2. The molecule has 0 aromatic heterocycles. The molecule has 2 aromatic rings. The molecule has 31 heavy (non-hydrogen) atoms. The minimum atomic E-state index is -1.09. The second-order valence-electron chi connectivity index (χ2n) is 8.49. The minimum Gasteiger partial charge on any atom is -0.480 e. The van der Waals surface area contributed by atoms with Crippen LogP contribution in [0.1, 0.15) is 37.8 Å². The third-order valence-corrected chi connectivity index (χ3v) is 5.86. The Morgan fingerprint density at radius 2 is 1.58 bits per heavy atom. The highest BCUT2D eigenvalue weighted by atomic mass is 16.5. The summed E-state index contributed by atoms with van der Waals surface area (Å²) in [6.07, 6.45) is -0.614. The molecule has 1 aliphatic carbocycles. The molecular weight excluding hydrogens is 396 g/mol.